The van der Waals surface area contributed by atoms with Crippen molar-refractivity contribution in [2.75, 3.05) is 6.54 Å². The van der Waals surface area contributed by atoms with Gasteiger partial charge in [0.05, 0.1) is 6.07 Å². The maximum absolute atomic E-state index is 13.3. The Labute approximate surface area is 181 Å². The molecule has 2 aliphatic rings. The van der Waals surface area contributed by atoms with Crippen molar-refractivity contribution in [3.63, 3.8) is 0 Å². The van der Waals surface area contributed by atoms with Crippen LogP contribution in [-0.4, -0.2) is 34.3 Å². The number of nitrogens with zero attached hydrogens (tertiary/aromatic N) is 3. The fourth-order valence-corrected chi connectivity index (χ4v) is 4.82. The molecule has 2 unspecified atom stereocenters. The van der Waals surface area contributed by atoms with Gasteiger partial charge in [-0.25, -0.2) is 0 Å². The summed E-state index contributed by atoms with van der Waals surface area (Å²) in [6, 6.07) is 2.56. The number of carbonyl (C=O) groups is 2. The number of halogens is 1. The third-order valence-electron chi connectivity index (χ3n) is 6.90. The van der Waals surface area contributed by atoms with E-state index in [0.717, 1.165) is 4.47 Å². The highest BCUT2D eigenvalue weighted by Crippen LogP contribution is 2.65. The number of hydrogen-bond acceptors (Lipinski definition) is 4. The Balaban J connectivity index is 1.83. The van der Waals surface area contributed by atoms with Crippen LogP contribution in [0.25, 0.3) is 0 Å². The van der Waals surface area contributed by atoms with Gasteiger partial charge in [-0.3, -0.25) is 14.6 Å². The van der Waals surface area contributed by atoms with Crippen LogP contribution in [0.5, 0.6) is 0 Å². The van der Waals surface area contributed by atoms with Crippen LogP contribution >= 0.6 is 15.9 Å². The maximum Gasteiger partial charge on any atom is 0.244 e. The molecule has 1 aliphatic heterocycles. The summed E-state index contributed by atoms with van der Waals surface area (Å²) in [5.41, 5.74) is 0.460. The molecule has 5 atom stereocenters. The largest absolute Gasteiger partial charge is 0.335 e. The highest BCUT2D eigenvalue weighted by Gasteiger charge is 2.69. The van der Waals surface area contributed by atoms with E-state index in [1.165, 1.54) is 0 Å². The molecule has 6 nitrogen and oxygen atoms in total. The Hall–Kier alpha value is -1.94. The van der Waals surface area contributed by atoms with Crippen LogP contribution in [0.1, 0.15) is 53.1 Å². The van der Waals surface area contributed by atoms with Crippen LogP contribution in [-0.2, 0) is 9.59 Å². The van der Waals surface area contributed by atoms with Crippen molar-refractivity contribution < 1.29 is 9.59 Å². The molecule has 0 radical (unpaired) electrons. The minimum absolute atomic E-state index is 0.0123. The standard InChI is InChI=1S/C22H29BrN4O2/c1-12(21(2,3)4)20(29)27-11-15-17(22(15,5)6)18(27)19(28)26-16(8-24)13-7-14(23)10-25-9-13/h7,9-10,12,15-18H,11H2,1-6H3,(H,26,28)/t12?,15-,16?,17-,18-/m0/s1. The van der Waals surface area contributed by atoms with Gasteiger partial charge in [-0.15, -0.1) is 0 Å². The molecule has 0 spiro atoms. The Bertz CT molecular complexity index is 870. The van der Waals surface area contributed by atoms with Gasteiger partial charge in [0.1, 0.15) is 12.1 Å². The quantitative estimate of drug-likeness (QED) is 0.741. The van der Waals surface area contributed by atoms with Gasteiger partial charge in [0.15, 0.2) is 0 Å². The number of carbonyl (C=O) groups excluding carboxylic acids is 2. The van der Waals surface area contributed by atoms with E-state index >= 15 is 0 Å². The molecule has 0 aromatic carbocycles. The van der Waals surface area contributed by atoms with E-state index in [2.05, 4.69) is 46.1 Å². The normalized spacial score (nSPS) is 26.8. The van der Waals surface area contributed by atoms with E-state index < -0.39 is 12.1 Å². The molecule has 29 heavy (non-hydrogen) atoms. The molecule has 0 bridgehead atoms. The molecule has 1 saturated heterocycles. The Morgan fingerprint density at radius 2 is 2.03 bits per heavy atom. The summed E-state index contributed by atoms with van der Waals surface area (Å²) in [6.07, 6.45) is 3.20. The first-order valence-corrected chi connectivity index (χ1v) is 10.8. The van der Waals surface area contributed by atoms with Crippen molar-refractivity contribution in [3.8, 4) is 6.07 Å². The number of piperidine rings is 1. The molecular weight excluding hydrogens is 432 g/mol. The average molecular weight is 461 g/mol. The predicted molar refractivity (Wildman–Crippen MR) is 113 cm³/mol. The first-order chi connectivity index (χ1) is 13.4. The molecule has 156 valence electrons. The summed E-state index contributed by atoms with van der Waals surface area (Å²) in [6.45, 7) is 12.9. The highest BCUT2D eigenvalue weighted by atomic mass is 79.9. The highest BCUT2D eigenvalue weighted by molar-refractivity contribution is 9.10. The van der Waals surface area contributed by atoms with Gasteiger partial charge in [0.25, 0.3) is 0 Å². The fraction of sp³-hybridized carbons (Fsp3) is 0.636. The molecule has 1 aliphatic carbocycles. The number of aromatic nitrogens is 1. The van der Waals surface area contributed by atoms with E-state index in [4.69, 9.17) is 0 Å². The van der Waals surface area contributed by atoms with E-state index in [9.17, 15) is 14.9 Å². The van der Waals surface area contributed by atoms with Crippen LogP contribution in [0.4, 0.5) is 0 Å². The van der Waals surface area contributed by atoms with Crippen LogP contribution in [0.3, 0.4) is 0 Å². The van der Waals surface area contributed by atoms with Gasteiger partial charge in [-0.05, 0) is 44.7 Å². The van der Waals surface area contributed by atoms with Crippen molar-refractivity contribution in [3.05, 3.63) is 28.5 Å². The number of amides is 2. The van der Waals surface area contributed by atoms with Crippen LogP contribution < -0.4 is 5.32 Å². The third-order valence-corrected chi connectivity index (χ3v) is 7.34. The summed E-state index contributed by atoms with van der Waals surface area (Å²) in [7, 11) is 0. The zero-order chi connectivity index (χ0) is 21.7. The maximum atomic E-state index is 13.3. The van der Waals surface area contributed by atoms with E-state index in [-0.39, 0.29) is 34.5 Å². The van der Waals surface area contributed by atoms with Crippen molar-refractivity contribution in [1.29, 1.82) is 5.26 Å². The van der Waals surface area contributed by atoms with Gasteiger partial charge in [0.2, 0.25) is 11.8 Å². The molecule has 1 aromatic heterocycles. The van der Waals surface area contributed by atoms with Crippen LogP contribution in [0, 0.1) is 39.9 Å². The summed E-state index contributed by atoms with van der Waals surface area (Å²) >= 11 is 3.35. The Morgan fingerprint density at radius 3 is 2.59 bits per heavy atom. The van der Waals surface area contributed by atoms with Gasteiger partial charge >= 0.3 is 0 Å². The minimum Gasteiger partial charge on any atom is -0.335 e. The number of pyridine rings is 1. The number of rotatable bonds is 4. The lowest BCUT2D eigenvalue weighted by Gasteiger charge is -2.36. The molecule has 1 saturated carbocycles. The van der Waals surface area contributed by atoms with Gasteiger partial charge < -0.3 is 10.2 Å². The summed E-state index contributed by atoms with van der Waals surface area (Å²) in [5.74, 6) is 0.00262. The lowest BCUT2D eigenvalue weighted by Crippen LogP contribution is -2.52. The number of fused-ring (bicyclic) bond motifs is 1. The lowest BCUT2D eigenvalue weighted by molar-refractivity contribution is -0.145. The second kappa shape index (κ2) is 7.39. The summed E-state index contributed by atoms with van der Waals surface area (Å²) in [4.78, 5) is 32.3. The predicted octanol–water partition coefficient (Wildman–Crippen LogP) is 3.69. The molecule has 7 heteroatoms. The van der Waals surface area contributed by atoms with Crippen molar-refractivity contribution in [2.24, 2.45) is 28.6 Å². The monoisotopic (exact) mass is 460 g/mol. The number of nitriles is 1. The van der Waals surface area contributed by atoms with E-state index in [1.807, 2.05) is 27.7 Å². The molecule has 2 heterocycles. The summed E-state index contributed by atoms with van der Waals surface area (Å²) < 4.78 is 0.740. The SMILES string of the molecule is CC(C(=O)N1C[C@H]2[C@@H]([C@H]1C(=O)NC(C#N)c1cncc(Br)c1)C2(C)C)C(C)(C)C. The lowest BCUT2D eigenvalue weighted by atomic mass is 9.81. The van der Waals surface area contributed by atoms with Crippen molar-refractivity contribution in [1.82, 2.24) is 15.2 Å². The van der Waals surface area contributed by atoms with E-state index in [0.29, 0.717) is 18.0 Å². The second-order valence-electron chi connectivity index (χ2n) is 9.98. The number of nitrogens with one attached hydrogen (secondary N) is 1. The first kappa shape index (κ1) is 21.8. The number of hydrogen-bond donors (Lipinski definition) is 1. The molecule has 2 amide bonds. The van der Waals surface area contributed by atoms with Gasteiger partial charge in [0, 0.05) is 34.9 Å². The Kier molecular flexibility index (Phi) is 5.55. The van der Waals surface area contributed by atoms with Crippen LogP contribution in [0.2, 0.25) is 0 Å². The third kappa shape index (κ3) is 3.92. The minimum atomic E-state index is -0.814. The first-order valence-electron chi connectivity index (χ1n) is 10.0. The average Bonchev–Trinajstić information content (AvgIpc) is 2.99. The van der Waals surface area contributed by atoms with Crippen molar-refractivity contribution in [2.45, 2.75) is 53.6 Å². The van der Waals surface area contributed by atoms with Gasteiger partial charge in [-0.2, -0.15) is 5.26 Å². The molecule has 3 rings (SSSR count). The second-order valence-corrected chi connectivity index (χ2v) is 10.9. The molecule has 2 fully saturated rings. The zero-order valence-corrected chi connectivity index (χ0v) is 19.4. The fourth-order valence-electron chi connectivity index (χ4n) is 4.44. The van der Waals surface area contributed by atoms with Gasteiger partial charge in [-0.1, -0.05) is 41.5 Å². The molecule has 1 N–H and O–H groups in total. The number of likely N-dealkylation sites (tertiary alicyclic amines) is 1. The van der Waals surface area contributed by atoms with Crippen LogP contribution in [0.15, 0.2) is 22.9 Å². The molecular formula is C22H29BrN4O2. The van der Waals surface area contributed by atoms with E-state index in [1.54, 1.807) is 23.4 Å². The smallest absolute Gasteiger partial charge is 0.244 e. The zero-order valence-electron chi connectivity index (χ0n) is 17.9. The van der Waals surface area contributed by atoms with Crippen molar-refractivity contribution >= 4 is 27.7 Å². The molecule has 1 aromatic rings. The topological polar surface area (TPSA) is 86.1 Å². The Morgan fingerprint density at radius 1 is 1.38 bits per heavy atom. The summed E-state index contributed by atoms with van der Waals surface area (Å²) in [5, 5.41) is 12.5.